The highest BCUT2D eigenvalue weighted by Crippen LogP contribution is 2.41. The maximum absolute atomic E-state index is 13.6. The summed E-state index contributed by atoms with van der Waals surface area (Å²) < 4.78 is 0. The molecule has 33 heavy (non-hydrogen) atoms. The Labute approximate surface area is 198 Å². The van der Waals surface area contributed by atoms with Crippen molar-refractivity contribution in [1.82, 2.24) is 0 Å². The van der Waals surface area contributed by atoms with Crippen molar-refractivity contribution in [3.8, 4) is 0 Å². The van der Waals surface area contributed by atoms with Gasteiger partial charge in [0.1, 0.15) is 0 Å². The van der Waals surface area contributed by atoms with E-state index in [0.29, 0.717) is 16.2 Å². The van der Waals surface area contributed by atoms with Crippen LogP contribution in [-0.4, -0.2) is 24.9 Å². The number of imide groups is 1. The van der Waals surface area contributed by atoms with Crippen molar-refractivity contribution in [1.29, 1.82) is 0 Å². The van der Waals surface area contributed by atoms with E-state index in [0.717, 1.165) is 34.8 Å². The summed E-state index contributed by atoms with van der Waals surface area (Å²) in [5, 5.41) is 0. The summed E-state index contributed by atoms with van der Waals surface area (Å²) in [6.07, 6.45) is 3.68. The monoisotopic (exact) mass is 454 g/mol. The number of piperidine rings is 1. The number of rotatable bonds is 5. The van der Waals surface area contributed by atoms with E-state index in [9.17, 15) is 9.59 Å². The maximum atomic E-state index is 13.6. The lowest BCUT2D eigenvalue weighted by molar-refractivity contribution is -0.119. The van der Waals surface area contributed by atoms with Crippen molar-refractivity contribution in [2.75, 3.05) is 22.9 Å². The zero-order chi connectivity index (χ0) is 22.8. The number of carbonyl (C=O) groups is 2. The van der Waals surface area contributed by atoms with Crippen LogP contribution in [0.2, 0.25) is 0 Å². The molecule has 0 atom stereocenters. The van der Waals surface area contributed by atoms with Gasteiger partial charge in [0.15, 0.2) is 0 Å². The van der Waals surface area contributed by atoms with E-state index < -0.39 is 0 Å². The molecule has 2 amide bonds. The highest BCUT2D eigenvalue weighted by Gasteiger charge is 2.40. The number of benzene rings is 3. The fourth-order valence-corrected chi connectivity index (χ4v) is 5.40. The number of anilines is 2. The van der Waals surface area contributed by atoms with Gasteiger partial charge >= 0.3 is 0 Å². The number of hydrogen-bond donors (Lipinski definition) is 0. The molecule has 0 spiro atoms. The van der Waals surface area contributed by atoms with Gasteiger partial charge in [-0.1, -0.05) is 59.8 Å². The van der Waals surface area contributed by atoms with Crippen LogP contribution in [-0.2, 0) is 9.59 Å². The molecule has 5 rings (SSSR count). The molecule has 0 bridgehead atoms. The quantitative estimate of drug-likeness (QED) is 0.439. The molecule has 0 radical (unpaired) electrons. The zero-order valence-corrected chi connectivity index (χ0v) is 19.5. The van der Waals surface area contributed by atoms with Crippen molar-refractivity contribution >= 4 is 40.5 Å². The van der Waals surface area contributed by atoms with E-state index in [2.05, 4.69) is 4.90 Å². The molecule has 0 saturated carbocycles. The third-order valence-corrected chi connectivity index (χ3v) is 7.26. The lowest BCUT2D eigenvalue weighted by atomic mass is 10.0. The molecule has 0 aromatic heterocycles. The van der Waals surface area contributed by atoms with Crippen molar-refractivity contribution in [2.45, 2.75) is 31.1 Å². The van der Waals surface area contributed by atoms with Crippen LogP contribution >= 0.6 is 11.8 Å². The van der Waals surface area contributed by atoms with Gasteiger partial charge in [-0.15, -0.1) is 0 Å². The number of carbonyl (C=O) groups excluding carboxylic acids is 2. The Morgan fingerprint density at radius 3 is 2.00 bits per heavy atom. The largest absolute Gasteiger partial charge is 0.372 e. The number of thioether (sulfide) groups is 1. The van der Waals surface area contributed by atoms with E-state index in [1.807, 2.05) is 85.8 Å². The van der Waals surface area contributed by atoms with Crippen molar-refractivity contribution in [2.24, 2.45) is 0 Å². The van der Waals surface area contributed by atoms with Gasteiger partial charge in [-0.2, -0.15) is 0 Å². The van der Waals surface area contributed by atoms with E-state index >= 15 is 0 Å². The lowest BCUT2D eigenvalue weighted by Gasteiger charge is -2.29. The first kappa shape index (κ1) is 21.5. The van der Waals surface area contributed by atoms with E-state index in [1.165, 1.54) is 35.9 Å². The summed E-state index contributed by atoms with van der Waals surface area (Å²) >= 11 is 1.35. The van der Waals surface area contributed by atoms with Crippen LogP contribution < -0.4 is 9.80 Å². The van der Waals surface area contributed by atoms with Crippen LogP contribution in [0.3, 0.4) is 0 Å². The predicted molar refractivity (Wildman–Crippen MR) is 135 cm³/mol. The minimum absolute atomic E-state index is 0.268. The number of hydrogen-bond acceptors (Lipinski definition) is 4. The van der Waals surface area contributed by atoms with Gasteiger partial charge in [0.05, 0.1) is 16.2 Å². The smallest absolute Gasteiger partial charge is 0.272 e. The SMILES string of the molecule is Cc1ccc(C2=C(Sc3ccccc3)C(=O)N(c3ccc(N4CCCCC4)cc3)C2=O)cc1. The Balaban J connectivity index is 1.49. The van der Waals surface area contributed by atoms with Gasteiger partial charge in [0.25, 0.3) is 11.8 Å². The Morgan fingerprint density at radius 1 is 0.697 bits per heavy atom. The minimum Gasteiger partial charge on any atom is -0.372 e. The average Bonchev–Trinajstić information content (AvgIpc) is 3.10. The number of nitrogens with zero attached hydrogens (tertiary/aromatic N) is 2. The molecule has 0 unspecified atom stereocenters. The van der Waals surface area contributed by atoms with Gasteiger partial charge in [-0.3, -0.25) is 9.59 Å². The maximum Gasteiger partial charge on any atom is 0.272 e. The molecular formula is C28H26N2O2S. The Hall–Kier alpha value is -3.31. The second kappa shape index (κ2) is 9.28. The molecule has 1 saturated heterocycles. The van der Waals surface area contributed by atoms with Gasteiger partial charge < -0.3 is 4.90 Å². The second-order valence-electron chi connectivity index (χ2n) is 8.50. The zero-order valence-electron chi connectivity index (χ0n) is 18.7. The van der Waals surface area contributed by atoms with Crippen LogP contribution in [0.25, 0.3) is 5.57 Å². The normalized spacial score (nSPS) is 16.6. The first-order valence-electron chi connectivity index (χ1n) is 11.4. The van der Waals surface area contributed by atoms with Crippen LogP contribution in [0.1, 0.15) is 30.4 Å². The average molecular weight is 455 g/mol. The summed E-state index contributed by atoms with van der Waals surface area (Å²) in [5.74, 6) is -0.539. The van der Waals surface area contributed by atoms with Gasteiger partial charge in [0.2, 0.25) is 0 Å². The second-order valence-corrected chi connectivity index (χ2v) is 9.58. The van der Waals surface area contributed by atoms with Crippen LogP contribution in [0.15, 0.2) is 88.7 Å². The molecule has 4 nitrogen and oxygen atoms in total. The standard InChI is InChI=1S/C28H26N2O2S/c1-20-10-12-21(13-11-20)25-26(33-24-8-4-2-5-9-24)28(32)30(27(25)31)23-16-14-22(15-17-23)29-18-6-3-7-19-29/h2,4-5,8-17H,3,6-7,18-19H2,1H3. The number of aryl methyl sites for hydroxylation is 1. The van der Waals surface area contributed by atoms with Gasteiger partial charge in [-0.25, -0.2) is 4.90 Å². The summed E-state index contributed by atoms with van der Waals surface area (Å²) in [4.78, 5) is 32.3. The molecule has 2 aliphatic heterocycles. The molecule has 0 N–H and O–H groups in total. The molecule has 1 fully saturated rings. The minimum atomic E-state index is -0.270. The van der Waals surface area contributed by atoms with Gasteiger partial charge in [-0.05, 0) is 68.1 Å². The summed E-state index contributed by atoms with van der Waals surface area (Å²) in [6.45, 7) is 4.12. The third kappa shape index (κ3) is 4.33. The third-order valence-electron chi connectivity index (χ3n) is 6.17. The van der Waals surface area contributed by atoms with Crippen molar-refractivity contribution < 1.29 is 9.59 Å². The first-order valence-corrected chi connectivity index (χ1v) is 12.2. The molecular weight excluding hydrogens is 428 g/mol. The fourth-order valence-electron chi connectivity index (χ4n) is 4.38. The number of amides is 2. The fraction of sp³-hybridized carbons (Fsp3) is 0.214. The van der Waals surface area contributed by atoms with Crippen molar-refractivity contribution in [3.05, 3.63) is 94.9 Å². The van der Waals surface area contributed by atoms with Crippen LogP contribution in [0.5, 0.6) is 0 Å². The Kier molecular flexibility index (Phi) is 6.05. The summed E-state index contributed by atoms with van der Waals surface area (Å²) in [6, 6.07) is 25.3. The van der Waals surface area contributed by atoms with Crippen molar-refractivity contribution in [3.63, 3.8) is 0 Å². The molecule has 166 valence electrons. The topological polar surface area (TPSA) is 40.6 Å². The first-order chi connectivity index (χ1) is 16.1. The van der Waals surface area contributed by atoms with Crippen LogP contribution in [0, 0.1) is 6.92 Å². The lowest BCUT2D eigenvalue weighted by Crippen LogP contribution is -2.32. The van der Waals surface area contributed by atoms with E-state index in [1.54, 1.807) is 0 Å². The molecule has 2 heterocycles. The van der Waals surface area contributed by atoms with Crippen LogP contribution in [0.4, 0.5) is 11.4 Å². The van der Waals surface area contributed by atoms with E-state index in [4.69, 9.17) is 0 Å². The highest BCUT2D eigenvalue weighted by atomic mass is 32.2. The molecule has 5 heteroatoms. The molecule has 3 aromatic rings. The summed E-state index contributed by atoms with van der Waals surface area (Å²) in [5.41, 5.74) is 4.10. The summed E-state index contributed by atoms with van der Waals surface area (Å²) in [7, 11) is 0. The highest BCUT2D eigenvalue weighted by molar-refractivity contribution is 8.04. The Bertz CT molecular complexity index is 1190. The Morgan fingerprint density at radius 2 is 1.33 bits per heavy atom. The predicted octanol–water partition coefficient (Wildman–Crippen LogP) is 6.06. The van der Waals surface area contributed by atoms with E-state index in [-0.39, 0.29) is 11.8 Å². The molecule has 3 aromatic carbocycles. The van der Waals surface area contributed by atoms with Gasteiger partial charge in [0, 0.05) is 23.7 Å². The molecule has 2 aliphatic rings. The molecule has 0 aliphatic carbocycles.